The molecule has 134 valence electrons. The number of carbonyl (C=O) groups is 1. The maximum Gasteiger partial charge on any atom is 0.228 e. The zero-order valence-corrected chi connectivity index (χ0v) is 15.1. The van der Waals surface area contributed by atoms with Gasteiger partial charge in [-0.1, -0.05) is 35.9 Å². The number of likely N-dealkylation sites (N-methyl/N-ethyl adjacent to an activating group) is 1. The van der Waals surface area contributed by atoms with Gasteiger partial charge in [0.05, 0.1) is 18.7 Å². The normalized spacial score (nSPS) is 10.5. The van der Waals surface area contributed by atoms with Gasteiger partial charge in [0.15, 0.2) is 0 Å². The van der Waals surface area contributed by atoms with Gasteiger partial charge in [-0.05, 0) is 30.3 Å². The lowest BCUT2D eigenvalue weighted by Crippen LogP contribution is -2.32. The van der Waals surface area contributed by atoms with Gasteiger partial charge in [0, 0.05) is 17.6 Å². The molecule has 5 nitrogen and oxygen atoms in total. The summed E-state index contributed by atoms with van der Waals surface area (Å²) in [7, 11) is 1.74. The fourth-order valence-corrected chi connectivity index (χ4v) is 2.55. The summed E-state index contributed by atoms with van der Waals surface area (Å²) in [5.74, 6) is 1.15. The predicted octanol–water partition coefficient (Wildman–Crippen LogP) is 4.07. The van der Waals surface area contributed by atoms with E-state index in [1.165, 1.54) is 6.26 Å². The van der Waals surface area contributed by atoms with E-state index in [2.05, 4.69) is 4.98 Å². The van der Waals surface area contributed by atoms with Crippen molar-refractivity contribution in [2.45, 2.75) is 6.42 Å². The summed E-state index contributed by atoms with van der Waals surface area (Å²) in [5.41, 5.74) is 1.49. The summed E-state index contributed by atoms with van der Waals surface area (Å²) >= 11 is 5.91. The van der Waals surface area contributed by atoms with Crippen LogP contribution in [-0.4, -0.2) is 36.0 Å². The van der Waals surface area contributed by atoms with Crippen LogP contribution < -0.4 is 4.74 Å². The molecule has 1 amide bonds. The molecule has 0 unspecified atom stereocenters. The maximum absolute atomic E-state index is 12.3. The van der Waals surface area contributed by atoms with E-state index < -0.39 is 0 Å². The number of rotatable bonds is 7. The lowest BCUT2D eigenvalue weighted by atomic mass is 10.2. The topological polar surface area (TPSA) is 55.6 Å². The second kappa shape index (κ2) is 8.54. The van der Waals surface area contributed by atoms with Gasteiger partial charge in [-0.15, -0.1) is 0 Å². The predicted molar refractivity (Wildman–Crippen MR) is 100 cm³/mol. The highest BCUT2D eigenvalue weighted by Crippen LogP contribution is 2.19. The molecule has 2 aromatic carbocycles. The Morgan fingerprint density at radius 2 is 2.00 bits per heavy atom. The average Bonchev–Trinajstić information content (AvgIpc) is 3.11. The molecule has 6 heteroatoms. The molecule has 0 N–H and O–H groups in total. The van der Waals surface area contributed by atoms with E-state index in [1.54, 1.807) is 24.1 Å². The van der Waals surface area contributed by atoms with E-state index in [1.807, 2.05) is 42.5 Å². The largest absolute Gasteiger partial charge is 0.492 e. The number of aromatic nitrogens is 1. The number of carbonyl (C=O) groups excluding carboxylic acids is 1. The number of hydrogen-bond acceptors (Lipinski definition) is 4. The van der Waals surface area contributed by atoms with Crippen molar-refractivity contribution in [1.29, 1.82) is 0 Å². The average molecular weight is 371 g/mol. The van der Waals surface area contributed by atoms with Crippen LogP contribution in [0.15, 0.2) is 65.3 Å². The zero-order chi connectivity index (χ0) is 18.4. The van der Waals surface area contributed by atoms with E-state index in [-0.39, 0.29) is 12.3 Å². The van der Waals surface area contributed by atoms with Crippen LogP contribution in [0.3, 0.4) is 0 Å². The summed E-state index contributed by atoms with van der Waals surface area (Å²) in [6, 6.07) is 16.8. The van der Waals surface area contributed by atoms with Gasteiger partial charge >= 0.3 is 0 Å². The molecule has 1 heterocycles. The van der Waals surface area contributed by atoms with Gasteiger partial charge in [0.2, 0.25) is 11.8 Å². The number of amides is 1. The minimum absolute atomic E-state index is 0.0485. The van der Waals surface area contributed by atoms with Crippen molar-refractivity contribution in [3.63, 3.8) is 0 Å². The first-order valence-electron chi connectivity index (χ1n) is 8.24. The highest BCUT2D eigenvalue weighted by molar-refractivity contribution is 6.30. The van der Waals surface area contributed by atoms with Gasteiger partial charge in [-0.25, -0.2) is 4.98 Å². The van der Waals surface area contributed by atoms with Crippen LogP contribution in [0.25, 0.3) is 11.5 Å². The minimum atomic E-state index is -0.0485. The molecule has 26 heavy (non-hydrogen) atoms. The molecule has 0 radical (unpaired) electrons. The summed E-state index contributed by atoms with van der Waals surface area (Å²) in [6.45, 7) is 0.853. The number of halogens is 1. The van der Waals surface area contributed by atoms with Gasteiger partial charge in [-0.2, -0.15) is 0 Å². The third-order valence-corrected chi connectivity index (χ3v) is 4.06. The molecule has 3 rings (SSSR count). The lowest BCUT2D eigenvalue weighted by Gasteiger charge is -2.17. The molecule has 0 spiro atoms. The van der Waals surface area contributed by atoms with Gasteiger partial charge in [0.25, 0.3) is 0 Å². The summed E-state index contributed by atoms with van der Waals surface area (Å²) in [5, 5.41) is 0.618. The molecule has 0 bridgehead atoms. The van der Waals surface area contributed by atoms with Crippen LogP contribution in [0, 0.1) is 0 Å². The van der Waals surface area contributed by atoms with Crippen molar-refractivity contribution in [2.75, 3.05) is 20.2 Å². The SMILES string of the molecule is CN(CCOc1cccc(Cl)c1)C(=O)Cc1coc(-c2ccccc2)n1. The van der Waals surface area contributed by atoms with E-state index in [4.69, 9.17) is 20.8 Å². The first kappa shape index (κ1) is 18.0. The Labute approximate surface area is 157 Å². The molecule has 0 saturated heterocycles. The molecule has 0 aliphatic heterocycles. The molecule has 0 aliphatic rings. The third kappa shape index (κ3) is 4.86. The van der Waals surface area contributed by atoms with Crippen LogP contribution in [0.2, 0.25) is 5.02 Å². The Hall–Kier alpha value is -2.79. The molecule has 1 aromatic heterocycles. The molecule has 3 aromatic rings. The number of ether oxygens (including phenoxy) is 1. The smallest absolute Gasteiger partial charge is 0.228 e. The summed E-state index contributed by atoms with van der Waals surface area (Å²) in [4.78, 5) is 18.3. The zero-order valence-electron chi connectivity index (χ0n) is 14.4. The van der Waals surface area contributed by atoms with Crippen molar-refractivity contribution in [2.24, 2.45) is 0 Å². The third-order valence-electron chi connectivity index (χ3n) is 3.82. The molecule has 0 saturated carbocycles. The maximum atomic E-state index is 12.3. The molecule has 0 atom stereocenters. The van der Waals surface area contributed by atoms with Crippen molar-refractivity contribution < 1.29 is 13.9 Å². The van der Waals surface area contributed by atoms with Crippen LogP contribution in [-0.2, 0) is 11.2 Å². The Morgan fingerprint density at radius 1 is 1.19 bits per heavy atom. The van der Waals surface area contributed by atoms with Crippen LogP contribution >= 0.6 is 11.6 Å². The molecular formula is C20H19ClN2O3. The van der Waals surface area contributed by atoms with E-state index in [0.717, 1.165) is 5.56 Å². The first-order valence-corrected chi connectivity index (χ1v) is 8.62. The number of benzene rings is 2. The second-order valence-electron chi connectivity index (χ2n) is 5.81. The number of nitrogens with zero attached hydrogens (tertiary/aromatic N) is 2. The number of oxazole rings is 1. The fraction of sp³-hybridized carbons (Fsp3) is 0.200. The Kier molecular flexibility index (Phi) is 5.92. The second-order valence-corrected chi connectivity index (χ2v) is 6.24. The van der Waals surface area contributed by atoms with Crippen LogP contribution in [0.5, 0.6) is 5.75 Å². The minimum Gasteiger partial charge on any atom is -0.492 e. The van der Waals surface area contributed by atoms with Gasteiger partial charge in [0.1, 0.15) is 18.6 Å². The van der Waals surface area contributed by atoms with Gasteiger partial charge < -0.3 is 14.1 Å². The monoisotopic (exact) mass is 370 g/mol. The quantitative estimate of drug-likeness (QED) is 0.629. The molecule has 0 fully saturated rings. The Bertz CT molecular complexity index is 864. The van der Waals surface area contributed by atoms with E-state index >= 15 is 0 Å². The summed E-state index contributed by atoms with van der Waals surface area (Å²) < 4.78 is 11.1. The van der Waals surface area contributed by atoms with Gasteiger partial charge in [-0.3, -0.25) is 4.79 Å². The van der Waals surface area contributed by atoms with Crippen molar-refractivity contribution in [3.05, 3.63) is 71.6 Å². The van der Waals surface area contributed by atoms with Crippen LogP contribution in [0.4, 0.5) is 0 Å². The highest BCUT2D eigenvalue weighted by Gasteiger charge is 2.14. The van der Waals surface area contributed by atoms with E-state index in [9.17, 15) is 4.79 Å². The Balaban J connectivity index is 1.49. The molecular weight excluding hydrogens is 352 g/mol. The standard InChI is InChI=1S/C20H19ClN2O3/c1-23(10-11-25-18-9-5-8-16(21)12-18)19(24)13-17-14-26-20(22-17)15-6-3-2-4-7-15/h2-9,12,14H,10-11,13H2,1H3. The molecule has 0 aliphatic carbocycles. The fourth-order valence-electron chi connectivity index (χ4n) is 2.37. The van der Waals surface area contributed by atoms with E-state index in [0.29, 0.717) is 35.5 Å². The number of hydrogen-bond donors (Lipinski definition) is 0. The summed E-state index contributed by atoms with van der Waals surface area (Å²) in [6.07, 6.45) is 1.71. The van der Waals surface area contributed by atoms with Crippen molar-refractivity contribution in [1.82, 2.24) is 9.88 Å². The van der Waals surface area contributed by atoms with Crippen LogP contribution in [0.1, 0.15) is 5.69 Å². The van der Waals surface area contributed by atoms with Crippen molar-refractivity contribution >= 4 is 17.5 Å². The Morgan fingerprint density at radius 3 is 2.77 bits per heavy atom. The lowest BCUT2D eigenvalue weighted by molar-refractivity contribution is -0.129. The first-order chi connectivity index (χ1) is 12.6. The van der Waals surface area contributed by atoms with Crippen molar-refractivity contribution in [3.8, 4) is 17.2 Å². The highest BCUT2D eigenvalue weighted by atomic mass is 35.5.